The molecule has 6 nitrogen and oxygen atoms in total. The number of nitrogens with two attached hydrogens (primary N) is 1. The second-order valence-electron chi connectivity index (χ2n) is 5.33. The maximum Gasteiger partial charge on any atom is 0.246 e. The number of aryl methyl sites for hydroxylation is 1. The van der Waals surface area contributed by atoms with Gasteiger partial charge in [0.2, 0.25) is 10.0 Å². The second kappa shape index (κ2) is 5.13. The van der Waals surface area contributed by atoms with Crippen LogP contribution in [-0.4, -0.2) is 24.2 Å². The third kappa shape index (κ3) is 3.09. The van der Waals surface area contributed by atoms with Crippen LogP contribution < -0.4 is 10.5 Å². The Labute approximate surface area is 114 Å². The summed E-state index contributed by atoms with van der Waals surface area (Å²) in [5.74, 6) is 0.744. The van der Waals surface area contributed by atoms with E-state index in [1.807, 2.05) is 6.92 Å². The summed E-state index contributed by atoms with van der Waals surface area (Å²) in [6.07, 6.45) is 4.13. The minimum atomic E-state index is -3.59. The molecular weight excluding hydrogens is 264 g/mol. The average Bonchev–Trinajstić information content (AvgIpc) is 3.06. The lowest BCUT2D eigenvalue weighted by Crippen LogP contribution is -2.35. The molecule has 0 aliphatic heterocycles. The van der Waals surface area contributed by atoms with Gasteiger partial charge in [0.05, 0.1) is 5.69 Å². The van der Waals surface area contributed by atoms with Crippen LogP contribution in [0.5, 0.6) is 0 Å². The number of anilines is 1. The van der Waals surface area contributed by atoms with E-state index in [4.69, 9.17) is 5.73 Å². The van der Waals surface area contributed by atoms with E-state index < -0.39 is 10.0 Å². The molecule has 1 aliphatic rings. The topological polar surface area (TPSA) is 90.0 Å². The van der Waals surface area contributed by atoms with Crippen LogP contribution in [0.15, 0.2) is 4.90 Å². The summed E-state index contributed by atoms with van der Waals surface area (Å²) in [6.45, 7) is 3.70. The highest BCUT2D eigenvalue weighted by Gasteiger charge is 2.30. The van der Waals surface area contributed by atoms with Crippen LogP contribution in [0.25, 0.3) is 0 Å². The zero-order valence-electron chi connectivity index (χ0n) is 11.7. The van der Waals surface area contributed by atoms with E-state index in [0.717, 1.165) is 12.8 Å². The molecule has 0 saturated heterocycles. The van der Waals surface area contributed by atoms with Crippen molar-refractivity contribution in [2.24, 2.45) is 13.0 Å². The molecule has 3 N–H and O–H groups in total. The molecule has 1 fully saturated rings. The Balaban J connectivity index is 2.20. The zero-order chi connectivity index (χ0) is 14.2. The van der Waals surface area contributed by atoms with Crippen molar-refractivity contribution >= 4 is 15.8 Å². The molecule has 0 spiro atoms. The number of sulfonamides is 1. The number of rotatable bonds is 6. The molecular formula is C12H22N4O2S. The van der Waals surface area contributed by atoms with Gasteiger partial charge in [-0.2, -0.15) is 5.10 Å². The fourth-order valence-electron chi connectivity index (χ4n) is 2.28. The van der Waals surface area contributed by atoms with Gasteiger partial charge >= 0.3 is 0 Å². The molecule has 1 aromatic rings. The molecule has 1 aromatic heterocycles. The molecule has 108 valence electrons. The molecule has 19 heavy (non-hydrogen) atoms. The number of nitrogens with zero attached hydrogens (tertiary/aromatic N) is 2. The molecule has 1 saturated carbocycles. The summed E-state index contributed by atoms with van der Waals surface area (Å²) in [6, 6.07) is -0.0171. The van der Waals surface area contributed by atoms with E-state index in [-0.39, 0.29) is 16.8 Å². The van der Waals surface area contributed by atoms with Crippen LogP contribution in [0.2, 0.25) is 0 Å². The molecule has 0 radical (unpaired) electrons. The Bertz CT molecular complexity index is 561. The second-order valence-corrected chi connectivity index (χ2v) is 6.98. The van der Waals surface area contributed by atoms with Gasteiger partial charge < -0.3 is 5.73 Å². The number of nitrogens with one attached hydrogen (secondary N) is 1. The van der Waals surface area contributed by atoms with Gasteiger partial charge in [0.15, 0.2) is 5.82 Å². The summed E-state index contributed by atoms with van der Waals surface area (Å²) >= 11 is 0. The predicted molar refractivity (Wildman–Crippen MR) is 74.1 cm³/mol. The molecule has 0 amide bonds. The lowest BCUT2D eigenvalue weighted by molar-refractivity contribution is 0.495. The van der Waals surface area contributed by atoms with Gasteiger partial charge in [-0.25, -0.2) is 13.1 Å². The van der Waals surface area contributed by atoms with Gasteiger partial charge in [-0.05, 0) is 25.7 Å². The summed E-state index contributed by atoms with van der Waals surface area (Å²) in [7, 11) is -1.90. The van der Waals surface area contributed by atoms with Gasteiger partial charge in [0.1, 0.15) is 4.90 Å². The van der Waals surface area contributed by atoms with Crippen molar-refractivity contribution in [3.05, 3.63) is 5.69 Å². The van der Waals surface area contributed by atoms with E-state index in [1.165, 1.54) is 17.5 Å². The molecule has 2 rings (SSSR count). The minimum absolute atomic E-state index is 0.0171. The Hall–Kier alpha value is -1.08. The summed E-state index contributed by atoms with van der Waals surface area (Å²) in [5, 5.41) is 3.96. The molecule has 1 atom stereocenters. The molecule has 0 aromatic carbocycles. The van der Waals surface area contributed by atoms with Gasteiger partial charge in [0.25, 0.3) is 0 Å². The molecule has 0 bridgehead atoms. The van der Waals surface area contributed by atoms with Crippen molar-refractivity contribution in [1.29, 1.82) is 0 Å². The van der Waals surface area contributed by atoms with Gasteiger partial charge in [-0.1, -0.05) is 19.8 Å². The van der Waals surface area contributed by atoms with Crippen molar-refractivity contribution in [2.75, 3.05) is 5.73 Å². The standard InChI is InChI=1S/C12H22N4O2S/c1-4-10(7-9-5-6-9)15-19(17,18)11-8(2)16(3)14-12(11)13/h9-10,15H,4-7H2,1-3H3,(H2,13,14). The van der Waals surface area contributed by atoms with Crippen LogP contribution in [0.3, 0.4) is 0 Å². The quantitative estimate of drug-likeness (QED) is 0.821. The maximum absolute atomic E-state index is 12.4. The highest BCUT2D eigenvalue weighted by molar-refractivity contribution is 7.89. The number of hydrogen-bond acceptors (Lipinski definition) is 4. The molecule has 1 aliphatic carbocycles. The Morgan fingerprint density at radius 2 is 2.16 bits per heavy atom. The number of aromatic nitrogens is 2. The van der Waals surface area contributed by atoms with Crippen LogP contribution in [0, 0.1) is 12.8 Å². The zero-order valence-corrected chi connectivity index (χ0v) is 12.5. The van der Waals surface area contributed by atoms with Crippen LogP contribution >= 0.6 is 0 Å². The fraction of sp³-hybridized carbons (Fsp3) is 0.750. The third-order valence-electron chi connectivity index (χ3n) is 3.70. The normalized spacial score (nSPS) is 17.6. The first-order chi connectivity index (χ1) is 8.85. The molecule has 1 unspecified atom stereocenters. The van der Waals surface area contributed by atoms with Crippen molar-refractivity contribution in [3.8, 4) is 0 Å². The third-order valence-corrected chi connectivity index (χ3v) is 5.39. The number of nitrogen functional groups attached to an aromatic ring is 1. The number of hydrogen-bond donors (Lipinski definition) is 2. The van der Waals surface area contributed by atoms with Crippen LogP contribution in [0.4, 0.5) is 5.82 Å². The first kappa shape index (κ1) is 14.3. The van der Waals surface area contributed by atoms with Crippen molar-refractivity contribution < 1.29 is 8.42 Å². The predicted octanol–water partition coefficient (Wildman–Crippen LogP) is 1.17. The van der Waals surface area contributed by atoms with Crippen LogP contribution in [-0.2, 0) is 17.1 Å². The summed E-state index contributed by atoms with van der Waals surface area (Å²) in [4.78, 5) is 0.115. The van der Waals surface area contributed by atoms with Crippen LogP contribution in [0.1, 0.15) is 38.3 Å². The first-order valence-corrected chi connectivity index (χ1v) is 8.14. The van der Waals surface area contributed by atoms with Crippen molar-refractivity contribution in [3.63, 3.8) is 0 Å². The lowest BCUT2D eigenvalue weighted by Gasteiger charge is -2.16. The fourth-order valence-corrected chi connectivity index (χ4v) is 3.94. The van der Waals surface area contributed by atoms with E-state index in [0.29, 0.717) is 11.6 Å². The Morgan fingerprint density at radius 3 is 2.58 bits per heavy atom. The highest BCUT2D eigenvalue weighted by Crippen LogP contribution is 2.34. The van der Waals surface area contributed by atoms with E-state index in [9.17, 15) is 8.42 Å². The van der Waals surface area contributed by atoms with Gasteiger partial charge in [-0.3, -0.25) is 4.68 Å². The Morgan fingerprint density at radius 1 is 1.53 bits per heavy atom. The minimum Gasteiger partial charge on any atom is -0.381 e. The smallest absolute Gasteiger partial charge is 0.246 e. The highest BCUT2D eigenvalue weighted by atomic mass is 32.2. The average molecular weight is 286 g/mol. The maximum atomic E-state index is 12.4. The molecule has 7 heteroatoms. The largest absolute Gasteiger partial charge is 0.381 e. The van der Waals surface area contributed by atoms with Crippen molar-refractivity contribution in [1.82, 2.24) is 14.5 Å². The summed E-state index contributed by atoms with van der Waals surface area (Å²) in [5.41, 5.74) is 6.27. The van der Waals surface area contributed by atoms with E-state index in [2.05, 4.69) is 9.82 Å². The first-order valence-electron chi connectivity index (χ1n) is 6.66. The summed E-state index contributed by atoms with van der Waals surface area (Å²) < 4.78 is 29.1. The van der Waals surface area contributed by atoms with E-state index >= 15 is 0 Å². The van der Waals surface area contributed by atoms with Gasteiger partial charge in [-0.15, -0.1) is 0 Å². The van der Waals surface area contributed by atoms with Gasteiger partial charge in [0, 0.05) is 13.1 Å². The Kier molecular flexibility index (Phi) is 3.87. The van der Waals surface area contributed by atoms with Crippen molar-refractivity contribution in [2.45, 2.75) is 50.5 Å². The van der Waals surface area contributed by atoms with E-state index in [1.54, 1.807) is 14.0 Å². The molecule has 1 heterocycles. The monoisotopic (exact) mass is 286 g/mol. The lowest BCUT2D eigenvalue weighted by atomic mass is 10.1. The SMILES string of the molecule is CCC(CC1CC1)NS(=O)(=O)c1c(N)nn(C)c1C.